The van der Waals surface area contributed by atoms with Crippen LogP contribution in [-0.4, -0.2) is 25.6 Å². The minimum Gasteiger partial charge on any atom is -0.374 e. The first-order valence-electron chi connectivity index (χ1n) is 5.87. The predicted octanol–water partition coefficient (Wildman–Crippen LogP) is 2.28. The molecule has 0 heterocycles. The van der Waals surface area contributed by atoms with E-state index in [1.807, 2.05) is 36.4 Å². The van der Waals surface area contributed by atoms with Gasteiger partial charge in [0.25, 0.3) is 0 Å². The molecule has 1 aromatic carbocycles. The van der Waals surface area contributed by atoms with E-state index >= 15 is 0 Å². The average molecular weight is 244 g/mol. The Kier molecular flexibility index (Phi) is 4.45. The second kappa shape index (κ2) is 6.28. The summed E-state index contributed by atoms with van der Waals surface area (Å²) in [5.74, 6) is 0. The summed E-state index contributed by atoms with van der Waals surface area (Å²) in [5, 5.41) is 0. The minimum atomic E-state index is -0.209. The average Bonchev–Trinajstić information content (AvgIpc) is 2.46. The molecule has 0 aliphatic heterocycles. The number of allylic oxidation sites excluding steroid dienone is 2. The van der Waals surface area contributed by atoms with Crippen molar-refractivity contribution >= 4 is 6.29 Å². The second-order valence-electron chi connectivity index (χ2n) is 4.11. The second-order valence-corrected chi connectivity index (χ2v) is 4.11. The Morgan fingerprint density at radius 2 is 2.00 bits per heavy atom. The quantitative estimate of drug-likeness (QED) is 0.745. The first-order chi connectivity index (χ1) is 8.83. The number of aldehydes is 1. The number of carbonyl (C=O) groups excluding carboxylic acids is 1. The highest BCUT2D eigenvalue weighted by atomic mass is 16.5. The van der Waals surface area contributed by atoms with Crippen molar-refractivity contribution in [2.75, 3.05) is 7.11 Å². The first-order valence-corrected chi connectivity index (χ1v) is 5.87. The van der Waals surface area contributed by atoms with Crippen molar-refractivity contribution in [2.45, 2.75) is 18.8 Å². The topological polar surface area (TPSA) is 35.5 Å². The lowest BCUT2D eigenvalue weighted by atomic mass is 10.0. The zero-order valence-electron chi connectivity index (χ0n) is 10.3. The number of ether oxygens (including phenoxy) is 2. The van der Waals surface area contributed by atoms with Crippen molar-refractivity contribution in [3.63, 3.8) is 0 Å². The van der Waals surface area contributed by atoms with E-state index in [-0.39, 0.29) is 12.2 Å². The lowest BCUT2D eigenvalue weighted by Crippen LogP contribution is -2.29. The molecule has 2 unspecified atom stereocenters. The molecule has 0 spiro atoms. The van der Waals surface area contributed by atoms with E-state index in [1.165, 1.54) is 0 Å². The third kappa shape index (κ3) is 3.15. The van der Waals surface area contributed by atoms with Crippen LogP contribution in [0.15, 0.2) is 54.1 Å². The molecule has 1 aliphatic rings. The van der Waals surface area contributed by atoms with Crippen LogP contribution in [0.25, 0.3) is 0 Å². The largest absolute Gasteiger partial charge is 0.374 e. The van der Waals surface area contributed by atoms with Crippen LogP contribution in [0.1, 0.15) is 5.56 Å². The van der Waals surface area contributed by atoms with Crippen molar-refractivity contribution in [2.24, 2.45) is 0 Å². The van der Waals surface area contributed by atoms with E-state index < -0.39 is 0 Å². The standard InChI is InChI=1S/C15H16O3/c1-17-15-9-13(10-16)7-8-14(15)18-11-12-5-3-2-4-6-12/h2-10,14-15H,11H2,1H3. The van der Waals surface area contributed by atoms with Crippen LogP contribution < -0.4 is 0 Å². The van der Waals surface area contributed by atoms with Gasteiger partial charge >= 0.3 is 0 Å². The highest BCUT2D eigenvalue weighted by molar-refractivity contribution is 5.78. The maximum atomic E-state index is 10.7. The molecule has 3 nitrogen and oxygen atoms in total. The Balaban J connectivity index is 1.96. The molecule has 1 aliphatic carbocycles. The van der Waals surface area contributed by atoms with Gasteiger partial charge in [0.05, 0.1) is 6.61 Å². The smallest absolute Gasteiger partial charge is 0.149 e. The molecule has 0 fully saturated rings. The van der Waals surface area contributed by atoms with Gasteiger partial charge in [-0.25, -0.2) is 0 Å². The highest BCUT2D eigenvalue weighted by Gasteiger charge is 2.21. The highest BCUT2D eigenvalue weighted by Crippen LogP contribution is 2.17. The van der Waals surface area contributed by atoms with Crippen LogP contribution in [0, 0.1) is 0 Å². The molecular weight excluding hydrogens is 228 g/mol. The van der Waals surface area contributed by atoms with Crippen LogP contribution in [0.3, 0.4) is 0 Å². The molecule has 0 radical (unpaired) electrons. The SMILES string of the molecule is COC1C=C(C=O)C=CC1OCc1ccccc1. The summed E-state index contributed by atoms with van der Waals surface area (Å²) in [6, 6.07) is 9.96. The summed E-state index contributed by atoms with van der Waals surface area (Å²) in [4.78, 5) is 10.7. The van der Waals surface area contributed by atoms with E-state index in [4.69, 9.17) is 9.47 Å². The Hall–Kier alpha value is -1.71. The normalized spacial score (nSPS) is 22.6. The van der Waals surface area contributed by atoms with Gasteiger partial charge in [-0.05, 0) is 11.6 Å². The molecule has 18 heavy (non-hydrogen) atoms. The van der Waals surface area contributed by atoms with Gasteiger partial charge in [-0.15, -0.1) is 0 Å². The summed E-state index contributed by atoms with van der Waals surface area (Å²) in [5.41, 5.74) is 1.74. The number of carbonyl (C=O) groups is 1. The van der Waals surface area contributed by atoms with E-state index in [9.17, 15) is 4.79 Å². The predicted molar refractivity (Wildman–Crippen MR) is 69.1 cm³/mol. The number of hydrogen-bond acceptors (Lipinski definition) is 3. The molecule has 2 rings (SSSR count). The van der Waals surface area contributed by atoms with Crippen molar-refractivity contribution in [1.82, 2.24) is 0 Å². The summed E-state index contributed by atoms with van der Waals surface area (Å²) < 4.78 is 11.1. The van der Waals surface area contributed by atoms with Crippen molar-refractivity contribution in [3.8, 4) is 0 Å². The van der Waals surface area contributed by atoms with Crippen LogP contribution in [0.4, 0.5) is 0 Å². The van der Waals surface area contributed by atoms with Gasteiger partial charge in [-0.2, -0.15) is 0 Å². The van der Waals surface area contributed by atoms with Gasteiger partial charge in [-0.3, -0.25) is 4.79 Å². The summed E-state index contributed by atoms with van der Waals surface area (Å²) in [7, 11) is 1.61. The molecule has 0 saturated heterocycles. The van der Waals surface area contributed by atoms with Gasteiger partial charge in [0.1, 0.15) is 18.5 Å². The van der Waals surface area contributed by atoms with Gasteiger partial charge in [-0.1, -0.05) is 42.5 Å². The van der Waals surface area contributed by atoms with E-state index in [0.29, 0.717) is 12.2 Å². The van der Waals surface area contributed by atoms with Crippen LogP contribution in [0.5, 0.6) is 0 Å². The number of benzene rings is 1. The molecule has 0 N–H and O–H groups in total. The number of hydrogen-bond donors (Lipinski definition) is 0. The van der Waals surface area contributed by atoms with Gasteiger partial charge < -0.3 is 9.47 Å². The zero-order valence-corrected chi connectivity index (χ0v) is 10.3. The number of methoxy groups -OCH3 is 1. The van der Waals surface area contributed by atoms with E-state index in [1.54, 1.807) is 19.3 Å². The Morgan fingerprint density at radius 1 is 1.22 bits per heavy atom. The fourth-order valence-corrected chi connectivity index (χ4v) is 1.85. The van der Waals surface area contributed by atoms with Crippen molar-refractivity contribution in [3.05, 3.63) is 59.7 Å². The molecule has 0 bridgehead atoms. The summed E-state index contributed by atoms with van der Waals surface area (Å²) in [6.45, 7) is 0.528. The van der Waals surface area contributed by atoms with Gasteiger partial charge in [0, 0.05) is 12.7 Å². The first kappa shape index (κ1) is 12.7. The van der Waals surface area contributed by atoms with Crippen molar-refractivity contribution < 1.29 is 14.3 Å². The lowest BCUT2D eigenvalue weighted by molar-refractivity contribution is -0.104. The van der Waals surface area contributed by atoms with Crippen LogP contribution in [0.2, 0.25) is 0 Å². The van der Waals surface area contributed by atoms with E-state index in [0.717, 1.165) is 11.8 Å². The Labute approximate surface area is 107 Å². The Morgan fingerprint density at radius 3 is 2.67 bits per heavy atom. The molecule has 1 aromatic rings. The van der Waals surface area contributed by atoms with Gasteiger partial charge in [0.15, 0.2) is 0 Å². The summed E-state index contributed by atoms with van der Waals surface area (Å²) >= 11 is 0. The maximum Gasteiger partial charge on any atom is 0.149 e. The molecule has 0 amide bonds. The van der Waals surface area contributed by atoms with Crippen LogP contribution >= 0.6 is 0 Å². The monoisotopic (exact) mass is 244 g/mol. The van der Waals surface area contributed by atoms with Gasteiger partial charge in [0.2, 0.25) is 0 Å². The molecule has 3 heteroatoms. The molecular formula is C15H16O3. The maximum absolute atomic E-state index is 10.7. The fraction of sp³-hybridized carbons (Fsp3) is 0.267. The fourth-order valence-electron chi connectivity index (χ4n) is 1.85. The van der Waals surface area contributed by atoms with Crippen molar-refractivity contribution in [1.29, 1.82) is 0 Å². The van der Waals surface area contributed by atoms with Crippen LogP contribution in [-0.2, 0) is 20.9 Å². The third-order valence-electron chi connectivity index (χ3n) is 2.85. The lowest BCUT2D eigenvalue weighted by Gasteiger charge is -2.24. The Bertz CT molecular complexity index is 448. The number of rotatable bonds is 5. The summed E-state index contributed by atoms with van der Waals surface area (Å²) in [6.07, 6.45) is 5.86. The zero-order chi connectivity index (χ0) is 12.8. The third-order valence-corrected chi connectivity index (χ3v) is 2.85. The molecule has 0 aromatic heterocycles. The molecule has 0 saturated carbocycles. The molecule has 94 valence electrons. The van der Waals surface area contributed by atoms with E-state index in [2.05, 4.69) is 0 Å². The molecule has 2 atom stereocenters. The minimum absolute atomic E-state index is 0.154.